The number of carbonyl (C=O) groups is 2. The molecular formula is C31H38ClN3O4S. The van der Waals surface area contributed by atoms with Crippen LogP contribution in [0.3, 0.4) is 0 Å². The molecule has 0 unspecified atom stereocenters. The number of carbonyl (C=O) groups excluding carboxylic acids is 2. The highest BCUT2D eigenvalue weighted by Crippen LogP contribution is 2.26. The number of benzene rings is 3. The molecule has 0 aromatic heterocycles. The third-order valence-corrected chi connectivity index (χ3v) is 8.88. The van der Waals surface area contributed by atoms with E-state index in [0.717, 1.165) is 28.3 Å². The Bertz CT molecular complexity index is 1390. The van der Waals surface area contributed by atoms with Gasteiger partial charge in [0, 0.05) is 18.1 Å². The molecule has 0 aliphatic carbocycles. The molecule has 2 amide bonds. The van der Waals surface area contributed by atoms with Crippen molar-refractivity contribution in [1.29, 1.82) is 0 Å². The van der Waals surface area contributed by atoms with Gasteiger partial charge in [0.1, 0.15) is 12.6 Å². The van der Waals surface area contributed by atoms with Gasteiger partial charge in [-0.05, 0) is 62.6 Å². The highest BCUT2D eigenvalue weighted by atomic mass is 35.5. The predicted octanol–water partition coefficient (Wildman–Crippen LogP) is 5.88. The van der Waals surface area contributed by atoms with Crippen LogP contribution in [0.25, 0.3) is 0 Å². The van der Waals surface area contributed by atoms with E-state index in [4.69, 9.17) is 11.6 Å². The fraction of sp³-hybridized carbons (Fsp3) is 0.355. The highest BCUT2D eigenvalue weighted by molar-refractivity contribution is 7.92. The molecule has 1 atom stereocenters. The van der Waals surface area contributed by atoms with Gasteiger partial charge in [0.05, 0.1) is 10.6 Å². The lowest BCUT2D eigenvalue weighted by Gasteiger charge is -2.33. The predicted molar refractivity (Wildman–Crippen MR) is 161 cm³/mol. The van der Waals surface area contributed by atoms with Gasteiger partial charge in [-0.2, -0.15) is 0 Å². The number of halogens is 1. The summed E-state index contributed by atoms with van der Waals surface area (Å²) in [6.45, 7) is 7.72. The minimum Gasteiger partial charge on any atom is -0.354 e. The van der Waals surface area contributed by atoms with Gasteiger partial charge in [-0.25, -0.2) is 8.42 Å². The van der Waals surface area contributed by atoms with Crippen LogP contribution in [0.4, 0.5) is 5.69 Å². The Morgan fingerprint density at radius 3 is 2.08 bits per heavy atom. The van der Waals surface area contributed by atoms with E-state index in [9.17, 15) is 18.0 Å². The van der Waals surface area contributed by atoms with Crippen LogP contribution in [-0.2, 0) is 26.2 Å². The van der Waals surface area contributed by atoms with Gasteiger partial charge in [-0.15, -0.1) is 0 Å². The van der Waals surface area contributed by atoms with E-state index in [1.807, 2.05) is 33.8 Å². The molecular weight excluding hydrogens is 546 g/mol. The van der Waals surface area contributed by atoms with Crippen molar-refractivity contribution in [2.45, 2.75) is 64.4 Å². The smallest absolute Gasteiger partial charge is 0.264 e. The second-order valence-electron chi connectivity index (χ2n) is 9.84. The van der Waals surface area contributed by atoms with Crippen LogP contribution >= 0.6 is 11.6 Å². The molecule has 0 heterocycles. The lowest BCUT2D eigenvalue weighted by molar-refractivity contribution is -0.140. The van der Waals surface area contributed by atoms with E-state index >= 15 is 0 Å². The average molecular weight is 584 g/mol. The van der Waals surface area contributed by atoms with E-state index in [-0.39, 0.29) is 17.3 Å². The van der Waals surface area contributed by atoms with E-state index in [1.165, 1.54) is 17.0 Å². The Labute approximate surface area is 243 Å². The fourth-order valence-electron chi connectivity index (χ4n) is 4.31. The Morgan fingerprint density at radius 2 is 1.50 bits per heavy atom. The zero-order valence-corrected chi connectivity index (χ0v) is 25.1. The Kier molecular flexibility index (Phi) is 11.2. The molecule has 3 aromatic rings. The Balaban J connectivity index is 2.04. The Morgan fingerprint density at radius 1 is 0.900 bits per heavy atom. The van der Waals surface area contributed by atoms with Crippen molar-refractivity contribution in [3.05, 3.63) is 94.5 Å². The van der Waals surface area contributed by atoms with Crippen molar-refractivity contribution in [1.82, 2.24) is 10.2 Å². The van der Waals surface area contributed by atoms with Crippen molar-refractivity contribution in [3.63, 3.8) is 0 Å². The topological polar surface area (TPSA) is 86.8 Å². The van der Waals surface area contributed by atoms with Gasteiger partial charge in [-0.3, -0.25) is 13.9 Å². The molecule has 0 fully saturated rings. The Hall–Kier alpha value is -3.36. The van der Waals surface area contributed by atoms with Crippen molar-refractivity contribution in [3.8, 4) is 0 Å². The summed E-state index contributed by atoms with van der Waals surface area (Å²) in [5, 5.41) is 3.39. The first-order chi connectivity index (χ1) is 19.1. The summed E-state index contributed by atoms with van der Waals surface area (Å²) in [7, 11) is -4.10. The second kappa shape index (κ2) is 14.3. The number of aryl methyl sites for hydroxylation is 2. The number of anilines is 1. The molecule has 3 aromatic carbocycles. The minimum atomic E-state index is -4.10. The van der Waals surface area contributed by atoms with Gasteiger partial charge >= 0.3 is 0 Å². The standard InChI is InChI=1S/C31H38ClN3O4S/c1-5-7-20-33-31(37)29(6-2)34(21-25-10-8-9-11-28(25)32)30(36)22-35(26-16-12-23(3)13-17-26)40(38,39)27-18-14-24(4)15-19-27/h8-19,29H,5-7,20-22H2,1-4H3,(H,33,37)/t29-/m0/s1. The van der Waals surface area contributed by atoms with E-state index in [1.54, 1.807) is 54.6 Å². The number of amides is 2. The minimum absolute atomic E-state index is 0.0600. The molecule has 0 saturated carbocycles. The lowest BCUT2D eigenvalue weighted by atomic mass is 10.1. The van der Waals surface area contributed by atoms with Gasteiger partial charge in [0.25, 0.3) is 10.0 Å². The first-order valence-electron chi connectivity index (χ1n) is 13.5. The largest absolute Gasteiger partial charge is 0.354 e. The highest BCUT2D eigenvalue weighted by Gasteiger charge is 2.33. The third kappa shape index (κ3) is 7.86. The van der Waals surface area contributed by atoms with Crippen molar-refractivity contribution in [2.75, 3.05) is 17.4 Å². The maximum Gasteiger partial charge on any atom is 0.264 e. The van der Waals surface area contributed by atoms with Crippen LogP contribution < -0.4 is 9.62 Å². The molecule has 0 spiro atoms. The molecule has 0 bridgehead atoms. The quantitative estimate of drug-likeness (QED) is 0.255. The summed E-state index contributed by atoms with van der Waals surface area (Å²) in [5.74, 6) is -0.784. The van der Waals surface area contributed by atoms with E-state index in [0.29, 0.717) is 29.2 Å². The average Bonchev–Trinajstić information content (AvgIpc) is 2.93. The second-order valence-corrected chi connectivity index (χ2v) is 12.1. The van der Waals surface area contributed by atoms with Gasteiger partial charge in [0.2, 0.25) is 11.8 Å². The van der Waals surface area contributed by atoms with Gasteiger partial charge in [0.15, 0.2) is 0 Å². The number of hydrogen-bond acceptors (Lipinski definition) is 4. The summed E-state index contributed by atoms with van der Waals surface area (Å²) in [5.41, 5.74) is 2.90. The van der Waals surface area contributed by atoms with Gasteiger partial charge < -0.3 is 10.2 Å². The molecule has 1 N–H and O–H groups in total. The molecule has 0 saturated heterocycles. The lowest BCUT2D eigenvalue weighted by Crippen LogP contribution is -2.52. The van der Waals surface area contributed by atoms with E-state index < -0.39 is 28.5 Å². The zero-order chi connectivity index (χ0) is 29.3. The maximum atomic E-state index is 14.1. The summed E-state index contributed by atoms with van der Waals surface area (Å²) >= 11 is 6.44. The number of sulfonamides is 1. The van der Waals surface area contributed by atoms with Crippen LogP contribution in [0.15, 0.2) is 77.7 Å². The van der Waals surface area contributed by atoms with Crippen LogP contribution in [0.2, 0.25) is 5.02 Å². The van der Waals surface area contributed by atoms with Crippen molar-refractivity contribution in [2.24, 2.45) is 0 Å². The summed E-state index contributed by atoms with van der Waals surface area (Å²) in [4.78, 5) is 28.8. The molecule has 214 valence electrons. The number of nitrogens with zero attached hydrogens (tertiary/aromatic N) is 2. The normalized spacial score (nSPS) is 12.0. The fourth-order valence-corrected chi connectivity index (χ4v) is 5.92. The van der Waals surface area contributed by atoms with Gasteiger partial charge in [-0.1, -0.05) is 85.5 Å². The number of unbranched alkanes of at least 4 members (excludes halogenated alkanes) is 1. The van der Waals surface area contributed by atoms with E-state index in [2.05, 4.69) is 5.32 Å². The zero-order valence-electron chi connectivity index (χ0n) is 23.6. The molecule has 9 heteroatoms. The third-order valence-electron chi connectivity index (χ3n) is 6.72. The summed E-state index contributed by atoms with van der Waals surface area (Å²) < 4.78 is 28.9. The van der Waals surface area contributed by atoms with Crippen molar-refractivity contribution < 1.29 is 18.0 Å². The maximum absolute atomic E-state index is 14.1. The number of nitrogens with one attached hydrogen (secondary N) is 1. The van der Waals surface area contributed by atoms with Crippen molar-refractivity contribution >= 4 is 39.1 Å². The monoisotopic (exact) mass is 583 g/mol. The molecule has 0 aliphatic rings. The first kappa shape index (κ1) is 31.2. The van der Waals surface area contributed by atoms with Crippen LogP contribution in [0.5, 0.6) is 0 Å². The summed E-state index contributed by atoms with van der Waals surface area (Å²) in [6, 6.07) is 19.8. The molecule has 7 nitrogen and oxygen atoms in total. The first-order valence-corrected chi connectivity index (χ1v) is 15.4. The van der Waals surface area contributed by atoms with Crippen LogP contribution in [0.1, 0.15) is 49.8 Å². The number of rotatable bonds is 13. The molecule has 3 rings (SSSR count). The van der Waals surface area contributed by atoms with Crippen LogP contribution in [0, 0.1) is 13.8 Å². The molecule has 40 heavy (non-hydrogen) atoms. The molecule has 0 radical (unpaired) electrons. The summed E-state index contributed by atoms with van der Waals surface area (Å²) in [6.07, 6.45) is 2.09. The SMILES string of the molecule is CCCCNC(=O)[C@H](CC)N(Cc1ccccc1Cl)C(=O)CN(c1ccc(C)cc1)S(=O)(=O)c1ccc(C)cc1. The molecule has 0 aliphatic heterocycles. The van der Waals surface area contributed by atoms with Crippen LogP contribution in [-0.4, -0.2) is 44.3 Å². The number of hydrogen-bond donors (Lipinski definition) is 1.